The van der Waals surface area contributed by atoms with E-state index in [9.17, 15) is 14.7 Å². The number of carbonyl (C=O) groups is 2. The van der Waals surface area contributed by atoms with Gasteiger partial charge in [-0.3, -0.25) is 4.79 Å². The van der Waals surface area contributed by atoms with Gasteiger partial charge in [-0.05, 0) is 57.4 Å². The zero-order valence-corrected chi connectivity index (χ0v) is 15.1. The summed E-state index contributed by atoms with van der Waals surface area (Å²) in [7, 11) is 0. The molecular formula is C21H24O4. The Bertz CT molecular complexity index is 754. The highest BCUT2D eigenvalue weighted by atomic mass is 16.6. The van der Waals surface area contributed by atoms with Gasteiger partial charge in [0, 0.05) is 0 Å². The molecule has 2 rings (SSSR count). The lowest BCUT2D eigenvalue weighted by Gasteiger charge is -2.19. The van der Waals surface area contributed by atoms with Crippen molar-refractivity contribution < 1.29 is 19.4 Å². The molecule has 0 unspecified atom stereocenters. The number of aryl methyl sites for hydroxylation is 1. The predicted octanol–water partition coefficient (Wildman–Crippen LogP) is 4.36. The molecule has 0 saturated carbocycles. The summed E-state index contributed by atoms with van der Waals surface area (Å²) in [6, 6.07) is 14.5. The largest absolute Gasteiger partial charge is 0.481 e. The zero-order chi connectivity index (χ0) is 18.6. The van der Waals surface area contributed by atoms with E-state index in [0.29, 0.717) is 12.0 Å². The Morgan fingerprint density at radius 2 is 1.72 bits per heavy atom. The van der Waals surface area contributed by atoms with Crippen LogP contribution in [-0.2, 0) is 16.0 Å². The third-order valence-corrected chi connectivity index (χ3v) is 3.77. The van der Waals surface area contributed by atoms with Crippen molar-refractivity contribution in [3.8, 4) is 0 Å². The summed E-state index contributed by atoms with van der Waals surface area (Å²) in [5.74, 6) is -1.86. The van der Waals surface area contributed by atoms with E-state index in [4.69, 9.17) is 4.74 Å². The van der Waals surface area contributed by atoms with Gasteiger partial charge in [0.2, 0.25) is 0 Å². The average molecular weight is 340 g/mol. The Labute approximate surface area is 148 Å². The van der Waals surface area contributed by atoms with Gasteiger partial charge >= 0.3 is 11.9 Å². The first kappa shape index (κ1) is 18.7. The fourth-order valence-electron chi connectivity index (χ4n) is 2.58. The first-order valence-electron chi connectivity index (χ1n) is 8.27. The lowest BCUT2D eigenvalue weighted by Crippen LogP contribution is -2.23. The van der Waals surface area contributed by atoms with E-state index in [0.717, 1.165) is 16.7 Å². The Balaban J connectivity index is 2.16. The van der Waals surface area contributed by atoms with Gasteiger partial charge in [0.1, 0.15) is 5.60 Å². The lowest BCUT2D eigenvalue weighted by molar-refractivity contribution is -0.138. The molecule has 0 saturated heterocycles. The summed E-state index contributed by atoms with van der Waals surface area (Å²) in [5.41, 5.74) is 2.59. The minimum Gasteiger partial charge on any atom is -0.481 e. The first-order valence-corrected chi connectivity index (χ1v) is 8.27. The van der Waals surface area contributed by atoms with Crippen molar-refractivity contribution in [2.75, 3.05) is 0 Å². The molecular weight excluding hydrogens is 316 g/mol. The molecule has 1 N–H and O–H groups in total. The predicted molar refractivity (Wildman–Crippen MR) is 96.9 cm³/mol. The van der Waals surface area contributed by atoms with Crippen molar-refractivity contribution in [1.82, 2.24) is 0 Å². The van der Waals surface area contributed by atoms with Crippen LogP contribution in [0.15, 0.2) is 48.5 Å². The SMILES string of the molecule is Cc1cccc([C@@H](Cc2ccc(C(=O)OC(C)(C)C)cc2)C(=O)O)c1. The van der Waals surface area contributed by atoms with Crippen molar-refractivity contribution in [1.29, 1.82) is 0 Å². The van der Waals surface area contributed by atoms with E-state index in [-0.39, 0.29) is 5.97 Å². The summed E-state index contributed by atoms with van der Waals surface area (Å²) in [6.07, 6.45) is 0.368. The van der Waals surface area contributed by atoms with Crippen LogP contribution in [0.1, 0.15) is 53.7 Å². The van der Waals surface area contributed by atoms with Crippen molar-refractivity contribution in [3.05, 3.63) is 70.8 Å². The second kappa shape index (κ2) is 7.51. The molecule has 25 heavy (non-hydrogen) atoms. The summed E-state index contributed by atoms with van der Waals surface area (Å²) >= 11 is 0. The maximum absolute atomic E-state index is 12.0. The van der Waals surface area contributed by atoms with E-state index in [1.807, 2.05) is 52.0 Å². The van der Waals surface area contributed by atoms with Gasteiger partial charge in [0.05, 0.1) is 11.5 Å². The fourth-order valence-corrected chi connectivity index (χ4v) is 2.58. The van der Waals surface area contributed by atoms with Crippen molar-refractivity contribution in [2.24, 2.45) is 0 Å². The van der Waals surface area contributed by atoms with E-state index in [1.165, 1.54) is 0 Å². The third-order valence-electron chi connectivity index (χ3n) is 3.77. The maximum Gasteiger partial charge on any atom is 0.338 e. The highest BCUT2D eigenvalue weighted by molar-refractivity contribution is 5.89. The molecule has 4 heteroatoms. The van der Waals surface area contributed by atoms with Crippen LogP contribution in [0.3, 0.4) is 0 Å². The minimum atomic E-state index is -0.859. The fraction of sp³-hybridized carbons (Fsp3) is 0.333. The van der Waals surface area contributed by atoms with E-state index in [2.05, 4.69) is 0 Å². The van der Waals surface area contributed by atoms with Crippen LogP contribution in [0.25, 0.3) is 0 Å². The van der Waals surface area contributed by atoms with Gasteiger partial charge in [-0.25, -0.2) is 4.79 Å². The number of carboxylic acids is 1. The number of ether oxygens (including phenoxy) is 1. The van der Waals surface area contributed by atoms with Crippen LogP contribution in [-0.4, -0.2) is 22.6 Å². The Hall–Kier alpha value is -2.62. The van der Waals surface area contributed by atoms with E-state index in [1.54, 1.807) is 24.3 Å². The molecule has 1 atom stereocenters. The molecule has 0 aliphatic rings. The molecule has 132 valence electrons. The van der Waals surface area contributed by atoms with Crippen molar-refractivity contribution in [3.63, 3.8) is 0 Å². The molecule has 0 fully saturated rings. The normalized spacial score (nSPS) is 12.5. The molecule has 0 heterocycles. The number of hydrogen-bond acceptors (Lipinski definition) is 3. The van der Waals surface area contributed by atoms with E-state index < -0.39 is 17.5 Å². The molecule has 2 aromatic rings. The second-order valence-electron chi connectivity index (χ2n) is 7.21. The maximum atomic E-state index is 12.0. The zero-order valence-electron chi connectivity index (χ0n) is 15.1. The van der Waals surface area contributed by atoms with Crippen molar-refractivity contribution >= 4 is 11.9 Å². The van der Waals surface area contributed by atoms with Gasteiger partial charge in [0.25, 0.3) is 0 Å². The number of hydrogen-bond donors (Lipinski definition) is 1. The number of aliphatic carboxylic acids is 1. The molecule has 0 spiro atoms. The molecule has 4 nitrogen and oxygen atoms in total. The molecule has 0 aromatic heterocycles. The molecule has 0 aliphatic carbocycles. The van der Waals surface area contributed by atoms with Crippen LogP contribution in [0.5, 0.6) is 0 Å². The van der Waals surface area contributed by atoms with Crippen LogP contribution >= 0.6 is 0 Å². The smallest absolute Gasteiger partial charge is 0.338 e. The molecule has 0 aliphatic heterocycles. The van der Waals surface area contributed by atoms with Gasteiger partial charge in [0.15, 0.2) is 0 Å². The van der Waals surface area contributed by atoms with Gasteiger partial charge in [-0.15, -0.1) is 0 Å². The Morgan fingerprint density at radius 1 is 1.08 bits per heavy atom. The highest BCUT2D eigenvalue weighted by Crippen LogP contribution is 2.23. The van der Waals surface area contributed by atoms with Gasteiger partial charge in [-0.2, -0.15) is 0 Å². The monoisotopic (exact) mass is 340 g/mol. The lowest BCUT2D eigenvalue weighted by atomic mass is 9.91. The van der Waals surface area contributed by atoms with E-state index >= 15 is 0 Å². The highest BCUT2D eigenvalue weighted by Gasteiger charge is 2.21. The van der Waals surface area contributed by atoms with Crippen LogP contribution in [0.4, 0.5) is 0 Å². The molecule has 0 amide bonds. The summed E-state index contributed by atoms with van der Waals surface area (Å²) in [5, 5.41) is 9.58. The molecule has 2 aromatic carbocycles. The van der Waals surface area contributed by atoms with Crippen LogP contribution in [0, 0.1) is 6.92 Å². The molecule has 0 radical (unpaired) electrons. The van der Waals surface area contributed by atoms with Crippen LogP contribution < -0.4 is 0 Å². The van der Waals surface area contributed by atoms with Crippen LogP contribution in [0.2, 0.25) is 0 Å². The summed E-state index contributed by atoms with van der Waals surface area (Å²) in [4.78, 5) is 23.7. The standard InChI is InChI=1S/C21H24O4/c1-14-6-5-7-17(12-14)18(19(22)23)13-15-8-10-16(11-9-15)20(24)25-21(2,3)4/h5-12,18H,13H2,1-4H3,(H,22,23)/t18-/m1/s1. The Morgan fingerprint density at radius 3 is 2.24 bits per heavy atom. The number of rotatable bonds is 5. The second-order valence-corrected chi connectivity index (χ2v) is 7.21. The van der Waals surface area contributed by atoms with Gasteiger partial charge in [-0.1, -0.05) is 42.0 Å². The average Bonchev–Trinajstić information content (AvgIpc) is 2.51. The third kappa shape index (κ3) is 5.45. The van der Waals surface area contributed by atoms with Gasteiger partial charge < -0.3 is 9.84 Å². The number of esters is 1. The topological polar surface area (TPSA) is 63.6 Å². The Kier molecular flexibility index (Phi) is 5.62. The summed E-state index contributed by atoms with van der Waals surface area (Å²) < 4.78 is 5.33. The minimum absolute atomic E-state index is 0.368. The molecule has 0 bridgehead atoms. The van der Waals surface area contributed by atoms with Crippen molar-refractivity contribution in [2.45, 2.75) is 45.6 Å². The quantitative estimate of drug-likeness (QED) is 0.821. The number of carboxylic acid groups (broad SMARTS) is 1. The summed E-state index contributed by atoms with van der Waals surface area (Å²) in [6.45, 7) is 7.40. The number of benzene rings is 2. The number of carbonyl (C=O) groups excluding carboxylic acids is 1. The first-order chi connectivity index (χ1) is 11.7.